The van der Waals surface area contributed by atoms with Gasteiger partial charge in [0.2, 0.25) is 5.91 Å². The van der Waals surface area contributed by atoms with Crippen LogP contribution in [-0.4, -0.2) is 140 Å². The molecule has 2 aliphatic heterocycles. The summed E-state index contributed by atoms with van der Waals surface area (Å²) in [5, 5.41) is 86.5. The van der Waals surface area contributed by atoms with Crippen LogP contribution in [0.5, 0.6) is 0 Å². The molecule has 0 aliphatic carbocycles. The van der Waals surface area contributed by atoms with Gasteiger partial charge >= 0.3 is 0 Å². The predicted molar refractivity (Wildman–Crippen MR) is 231 cm³/mol. The molecule has 2 rings (SSSR count). The summed E-state index contributed by atoms with van der Waals surface area (Å²) < 4.78 is 22.6. The highest BCUT2D eigenvalue weighted by Crippen LogP contribution is 2.30. The van der Waals surface area contributed by atoms with Gasteiger partial charge in [-0.25, -0.2) is 0 Å². The first kappa shape index (κ1) is 54.9. The largest absolute Gasteiger partial charge is 0.394 e. The highest BCUT2D eigenvalue weighted by atomic mass is 16.7. The van der Waals surface area contributed by atoms with Gasteiger partial charge in [-0.05, 0) is 19.3 Å². The summed E-state index contributed by atoms with van der Waals surface area (Å²) in [4.78, 5) is 13.1. The Balaban J connectivity index is 1.89. The van der Waals surface area contributed by atoms with Gasteiger partial charge in [0.25, 0.3) is 0 Å². The van der Waals surface area contributed by atoms with E-state index in [1.54, 1.807) is 6.08 Å². The number of unbranched alkanes of at least 4 members (excludes halogenated alkanes) is 23. The van der Waals surface area contributed by atoms with E-state index < -0.39 is 86.8 Å². The van der Waals surface area contributed by atoms with E-state index in [0.717, 1.165) is 38.5 Å². The molecule has 2 aliphatic rings. The van der Waals surface area contributed by atoms with E-state index >= 15 is 0 Å². The molecule has 0 bridgehead atoms. The number of carbonyl (C=O) groups excluding carboxylic acids is 1. The third-order valence-electron chi connectivity index (χ3n) is 12.0. The van der Waals surface area contributed by atoms with Crippen molar-refractivity contribution < 1.29 is 64.6 Å². The molecule has 2 fully saturated rings. The van der Waals surface area contributed by atoms with E-state index in [2.05, 4.69) is 19.2 Å². The summed E-state index contributed by atoms with van der Waals surface area (Å²) in [6.45, 7) is 2.77. The summed E-state index contributed by atoms with van der Waals surface area (Å²) in [7, 11) is 0. The number of hydrogen-bond acceptors (Lipinski definition) is 13. The minimum absolute atomic E-state index is 0.240. The number of ether oxygens (including phenoxy) is 4. The molecule has 0 radical (unpaired) electrons. The molecular formula is C46H87NO13. The average Bonchev–Trinajstić information content (AvgIpc) is 3.24. The number of amides is 1. The number of carbonyl (C=O) groups is 1. The lowest BCUT2D eigenvalue weighted by molar-refractivity contribution is -0.359. The van der Waals surface area contributed by atoms with Gasteiger partial charge in [-0.1, -0.05) is 167 Å². The maximum atomic E-state index is 13.1. The summed E-state index contributed by atoms with van der Waals surface area (Å²) in [5.41, 5.74) is 0. The van der Waals surface area contributed by atoms with Crippen LogP contribution in [0.3, 0.4) is 0 Å². The van der Waals surface area contributed by atoms with E-state index in [-0.39, 0.29) is 18.9 Å². The highest BCUT2D eigenvalue weighted by Gasteiger charge is 2.51. The summed E-state index contributed by atoms with van der Waals surface area (Å²) in [6.07, 6.45) is 16.8. The molecule has 9 N–H and O–H groups in total. The Morgan fingerprint density at radius 3 is 1.53 bits per heavy atom. The number of aliphatic hydroxyl groups is 8. The van der Waals surface area contributed by atoms with Crippen LogP contribution in [-0.2, 0) is 23.7 Å². The van der Waals surface area contributed by atoms with Gasteiger partial charge in [0.05, 0.1) is 32.0 Å². The van der Waals surface area contributed by atoms with Crippen molar-refractivity contribution in [3.05, 3.63) is 12.2 Å². The van der Waals surface area contributed by atoms with Gasteiger partial charge in [0, 0.05) is 6.42 Å². The summed E-state index contributed by atoms with van der Waals surface area (Å²) in [5.74, 6) is -0.240. The van der Waals surface area contributed by atoms with Gasteiger partial charge in [-0.15, -0.1) is 0 Å². The van der Waals surface area contributed by atoms with Crippen LogP contribution < -0.4 is 5.32 Å². The van der Waals surface area contributed by atoms with Gasteiger partial charge in [-0.3, -0.25) is 4.79 Å². The molecule has 2 saturated heterocycles. The van der Waals surface area contributed by atoms with Crippen LogP contribution in [0, 0.1) is 0 Å². The van der Waals surface area contributed by atoms with Crippen molar-refractivity contribution >= 4 is 5.91 Å². The molecule has 14 nitrogen and oxygen atoms in total. The van der Waals surface area contributed by atoms with Gasteiger partial charge in [0.15, 0.2) is 12.6 Å². The molecule has 60 heavy (non-hydrogen) atoms. The Morgan fingerprint density at radius 2 is 1.03 bits per heavy atom. The van der Waals surface area contributed by atoms with E-state index in [4.69, 9.17) is 18.9 Å². The maximum absolute atomic E-state index is 13.1. The number of rotatable bonds is 36. The van der Waals surface area contributed by atoms with Crippen molar-refractivity contribution in [3.63, 3.8) is 0 Å². The molecule has 0 aromatic carbocycles. The Morgan fingerprint density at radius 1 is 0.583 bits per heavy atom. The van der Waals surface area contributed by atoms with Crippen LogP contribution in [0.1, 0.15) is 181 Å². The van der Waals surface area contributed by atoms with E-state index in [1.165, 1.54) is 116 Å². The number of aliphatic hydroxyl groups excluding tert-OH is 8. The second kappa shape index (κ2) is 34.2. The zero-order valence-electron chi connectivity index (χ0n) is 37.2. The van der Waals surface area contributed by atoms with Gasteiger partial charge in [-0.2, -0.15) is 0 Å². The molecule has 354 valence electrons. The van der Waals surface area contributed by atoms with E-state index in [9.17, 15) is 45.6 Å². The minimum Gasteiger partial charge on any atom is -0.394 e. The number of allylic oxidation sites excluding steroid dienone is 1. The lowest BCUT2D eigenvalue weighted by Gasteiger charge is -2.46. The molecular weight excluding hydrogens is 774 g/mol. The van der Waals surface area contributed by atoms with Crippen molar-refractivity contribution in [2.24, 2.45) is 0 Å². The normalized spacial score (nSPS) is 28.3. The van der Waals surface area contributed by atoms with Gasteiger partial charge in [0.1, 0.15) is 48.8 Å². The topological polar surface area (TPSA) is 228 Å². The monoisotopic (exact) mass is 862 g/mol. The Labute approximate surface area is 361 Å². The van der Waals surface area contributed by atoms with Crippen LogP contribution >= 0.6 is 0 Å². The lowest BCUT2D eigenvalue weighted by Crippen LogP contribution is -2.65. The minimum atomic E-state index is -1.78. The Bertz CT molecular complexity index is 1070. The molecule has 0 spiro atoms. The lowest BCUT2D eigenvalue weighted by atomic mass is 9.97. The van der Waals surface area contributed by atoms with Crippen molar-refractivity contribution in [2.45, 2.75) is 254 Å². The molecule has 14 heteroatoms. The smallest absolute Gasteiger partial charge is 0.220 e. The zero-order chi connectivity index (χ0) is 44.0. The second-order valence-electron chi connectivity index (χ2n) is 17.2. The van der Waals surface area contributed by atoms with Crippen molar-refractivity contribution in [1.29, 1.82) is 0 Å². The first-order chi connectivity index (χ1) is 29.1. The van der Waals surface area contributed by atoms with Crippen LogP contribution in [0.4, 0.5) is 0 Å². The Kier molecular flexibility index (Phi) is 31.3. The molecule has 0 aromatic heterocycles. The molecule has 12 atom stereocenters. The standard InChI is InChI=1S/C46H87NO13/c1-3-5-7-9-11-13-15-17-18-19-21-23-25-27-29-35(50)34(47-38(51)30-28-26-24-22-20-16-14-12-10-8-6-4-2)33-57-45-43(56)41(54)44(37(32-49)59-45)60-46-42(55)40(53)39(52)36(31-48)58-46/h27,29,34-37,39-46,48-50,52-56H,3-26,28,30-33H2,1-2H3,(H,47,51)/b29-27+. The fourth-order valence-corrected chi connectivity index (χ4v) is 8.00. The maximum Gasteiger partial charge on any atom is 0.220 e. The average molecular weight is 862 g/mol. The molecule has 2 heterocycles. The number of hydrogen-bond donors (Lipinski definition) is 9. The first-order valence-corrected chi connectivity index (χ1v) is 23.9. The predicted octanol–water partition coefficient (Wildman–Crippen LogP) is 5.21. The van der Waals surface area contributed by atoms with Crippen LogP contribution in [0.25, 0.3) is 0 Å². The van der Waals surface area contributed by atoms with Crippen molar-refractivity contribution in [2.75, 3.05) is 19.8 Å². The Hall–Kier alpha value is -1.27. The SMILES string of the molecule is CCCCCCCCCCCCCC/C=C/C(O)C(COC1OC(CO)C(OC2OC(CO)C(O)C(O)C2O)C(O)C1O)NC(=O)CCCCCCCCCCCCCC. The summed E-state index contributed by atoms with van der Waals surface area (Å²) in [6, 6.07) is -0.906. The highest BCUT2D eigenvalue weighted by molar-refractivity contribution is 5.76. The van der Waals surface area contributed by atoms with Gasteiger partial charge < -0.3 is 65.1 Å². The van der Waals surface area contributed by atoms with Crippen molar-refractivity contribution in [3.8, 4) is 0 Å². The number of nitrogens with one attached hydrogen (secondary N) is 1. The molecule has 12 unspecified atom stereocenters. The van der Waals surface area contributed by atoms with Crippen LogP contribution in [0.2, 0.25) is 0 Å². The quantitative estimate of drug-likeness (QED) is 0.0292. The van der Waals surface area contributed by atoms with Crippen molar-refractivity contribution in [1.82, 2.24) is 5.32 Å². The first-order valence-electron chi connectivity index (χ1n) is 23.9. The molecule has 0 saturated carbocycles. The fraction of sp³-hybridized carbons (Fsp3) is 0.935. The van der Waals surface area contributed by atoms with E-state index in [1.807, 2.05) is 6.08 Å². The third kappa shape index (κ3) is 21.9. The fourth-order valence-electron chi connectivity index (χ4n) is 8.00. The summed E-state index contributed by atoms with van der Waals surface area (Å²) >= 11 is 0. The third-order valence-corrected chi connectivity index (χ3v) is 12.0. The zero-order valence-corrected chi connectivity index (χ0v) is 37.2. The van der Waals surface area contributed by atoms with Crippen LogP contribution in [0.15, 0.2) is 12.2 Å². The second-order valence-corrected chi connectivity index (χ2v) is 17.2. The van der Waals surface area contributed by atoms with E-state index in [0.29, 0.717) is 6.42 Å². The molecule has 0 aromatic rings. The molecule has 1 amide bonds.